The minimum atomic E-state index is -4.45. The first kappa shape index (κ1) is 18.2. The number of rotatable bonds is 8. The molecule has 0 aromatic carbocycles. The molecule has 4 nitrogen and oxygen atoms in total. The van der Waals surface area contributed by atoms with Gasteiger partial charge in [-0.2, -0.15) is 13.2 Å². The van der Waals surface area contributed by atoms with Gasteiger partial charge in [0, 0.05) is 18.5 Å². The Balaban J connectivity index is 4.36. The van der Waals surface area contributed by atoms with Crippen LogP contribution in [0.5, 0.6) is 0 Å². The molecule has 19 heavy (non-hydrogen) atoms. The van der Waals surface area contributed by atoms with E-state index in [1.165, 1.54) is 0 Å². The van der Waals surface area contributed by atoms with Crippen molar-refractivity contribution >= 4 is 5.91 Å². The summed E-state index contributed by atoms with van der Waals surface area (Å²) in [6.07, 6.45) is -2.52. The van der Waals surface area contributed by atoms with Crippen molar-refractivity contribution in [1.29, 1.82) is 0 Å². The number of hydrogen-bond acceptors (Lipinski definition) is 3. The van der Waals surface area contributed by atoms with Crippen LogP contribution in [-0.4, -0.2) is 47.8 Å². The van der Waals surface area contributed by atoms with Crippen molar-refractivity contribution in [2.24, 2.45) is 11.7 Å². The molecule has 3 N–H and O–H groups in total. The lowest BCUT2D eigenvalue weighted by Crippen LogP contribution is -2.43. The van der Waals surface area contributed by atoms with Crippen molar-refractivity contribution in [3.05, 3.63) is 0 Å². The number of nitrogens with zero attached hydrogens (tertiary/aromatic N) is 1. The summed E-state index contributed by atoms with van der Waals surface area (Å²) in [6, 6.07) is 0.0195. The van der Waals surface area contributed by atoms with Crippen molar-refractivity contribution in [2.45, 2.75) is 45.3 Å². The van der Waals surface area contributed by atoms with Gasteiger partial charge < -0.3 is 15.7 Å². The molecule has 0 heterocycles. The van der Waals surface area contributed by atoms with E-state index in [1.807, 2.05) is 6.92 Å². The third-order valence-electron chi connectivity index (χ3n) is 2.77. The quantitative estimate of drug-likeness (QED) is 0.710. The van der Waals surface area contributed by atoms with E-state index < -0.39 is 31.2 Å². The molecule has 7 heteroatoms. The molecule has 0 aromatic rings. The van der Waals surface area contributed by atoms with Crippen LogP contribution in [0.4, 0.5) is 13.2 Å². The lowest BCUT2D eigenvalue weighted by molar-refractivity contribution is -0.164. The average Bonchev–Trinajstić information content (AvgIpc) is 2.25. The molecule has 2 unspecified atom stereocenters. The Morgan fingerprint density at radius 2 is 1.89 bits per heavy atom. The fraction of sp³-hybridized carbons (Fsp3) is 0.917. The van der Waals surface area contributed by atoms with Crippen LogP contribution in [0.15, 0.2) is 0 Å². The van der Waals surface area contributed by atoms with Crippen LogP contribution in [0, 0.1) is 5.92 Å². The average molecular weight is 284 g/mol. The predicted octanol–water partition coefficient (Wildman–Crippen LogP) is 1.52. The van der Waals surface area contributed by atoms with Gasteiger partial charge in [0.2, 0.25) is 5.91 Å². The number of alkyl halides is 3. The first-order chi connectivity index (χ1) is 8.67. The highest BCUT2D eigenvalue weighted by Gasteiger charge is 2.33. The zero-order chi connectivity index (χ0) is 15.1. The summed E-state index contributed by atoms with van der Waals surface area (Å²) in [4.78, 5) is 12.5. The third kappa shape index (κ3) is 8.83. The van der Waals surface area contributed by atoms with Crippen LogP contribution in [0.1, 0.15) is 33.1 Å². The van der Waals surface area contributed by atoms with Crippen molar-refractivity contribution in [3.8, 4) is 0 Å². The van der Waals surface area contributed by atoms with Crippen molar-refractivity contribution in [1.82, 2.24) is 4.90 Å². The summed E-state index contributed by atoms with van der Waals surface area (Å²) in [6.45, 7) is 1.35. The van der Waals surface area contributed by atoms with Crippen LogP contribution in [0.2, 0.25) is 0 Å². The van der Waals surface area contributed by atoms with E-state index in [9.17, 15) is 18.0 Å². The maximum Gasteiger partial charge on any atom is 0.406 e. The van der Waals surface area contributed by atoms with E-state index in [-0.39, 0.29) is 12.6 Å². The Hall–Kier alpha value is -0.820. The Kier molecular flexibility index (Phi) is 8.01. The summed E-state index contributed by atoms with van der Waals surface area (Å²) < 4.78 is 37.0. The zero-order valence-electron chi connectivity index (χ0n) is 11.4. The lowest BCUT2D eigenvalue weighted by Gasteiger charge is -2.26. The fourth-order valence-corrected chi connectivity index (χ4v) is 1.79. The smallest absolute Gasteiger partial charge is 0.395 e. The molecular formula is C12H23F3N2O2. The minimum Gasteiger partial charge on any atom is -0.395 e. The largest absolute Gasteiger partial charge is 0.406 e. The van der Waals surface area contributed by atoms with Gasteiger partial charge in [-0.15, -0.1) is 0 Å². The van der Waals surface area contributed by atoms with E-state index >= 15 is 0 Å². The van der Waals surface area contributed by atoms with Gasteiger partial charge in [0.05, 0.1) is 6.61 Å². The van der Waals surface area contributed by atoms with E-state index in [0.29, 0.717) is 17.7 Å². The normalized spacial score (nSPS) is 15.1. The SMILES string of the molecule is CC(N)CCCC(C)C(=O)N(CCO)CC(F)(F)F. The van der Waals surface area contributed by atoms with Gasteiger partial charge >= 0.3 is 6.18 Å². The number of amides is 1. The number of nitrogens with two attached hydrogens (primary N) is 1. The van der Waals surface area contributed by atoms with E-state index in [1.54, 1.807) is 6.92 Å². The molecule has 0 aliphatic rings. The molecule has 1 amide bonds. The Bertz CT molecular complexity index is 270. The molecular weight excluding hydrogens is 261 g/mol. The first-order valence-corrected chi connectivity index (χ1v) is 6.39. The summed E-state index contributed by atoms with van der Waals surface area (Å²) in [5.41, 5.74) is 5.57. The number of halogens is 3. The van der Waals surface area contributed by atoms with Crippen LogP contribution in [0.25, 0.3) is 0 Å². The summed E-state index contributed by atoms with van der Waals surface area (Å²) in [5.74, 6) is -1.07. The predicted molar refractivity (Wildman–Crippen MR) is 66.4 cm³/mol. The van der Waals surface area contributed by atoms with Crippen LogP contribution in [0.3, 0.4) is 0 Å². The summed E-state index contributed by atoms with van der Waals surface area (Å²) >= 11 is 0. The Labute approximate surface area is 111 Å². The monoisotopic (exact) mass is 284 g/mol. The first-order valence-electron chi connectivity index (χ1n) is 6.39. The Morgan fingerprint density at radius 3 is 2.32 bits per heavy atom. The number of carbonyl (C=O) groups excluding carboxylic acids is 1. The molecule has 0 aliphatic heterocycles. The van der Waals surface area contributed by atoms with Gasteiger partial charge in [-0.3, -0.25) is 4.79 Å². The van der Waals surface area contributed by atoms with Gasteiger partial charge in [0.1, 0.15) is 6.54 Å². The molecule has 0 aliphatic carbocycles. The molecule has 114 valence electrons. The number of carbonyl (C=O) groups is 1. The number of hydrogen-bond donors (Lipinski definition) is 2. The van der Waals surface area contributed by atoms with Gasteiger partial charge in [-0.25, -0.2) is 0 Å². The van der Waals surface area contributed by atoms with Crippen molar-refractivity contribution in [2.75, 3.05) is 19.7 Å². The second-order valence-corrected chi connectivity index (χ2v) is 4.91. The van der Waals surface area contributed by atoms with Crippen molar-refractivity contribution < 1.29 is 23.1 Å². The van der Waals surface area contributed by atoms with Gasteiger partial charge in [0.15, 0.2) is 0 Å². The molecule has 0 saturated carbocycles. The zero-order valence-corrected chi connectivity index (χ0v) is 11.4. The molecule has 0 rings (SSSR count). The van der Waals surface area contributed by atoms with E-state index in [0.717, 1.165) is 6.42 Å². The van der Waals surface area contributed by atoms with Gasteiger partial charge in [0.25, 0.3) is 0 Å². The number of aliphatic hydroxyl groups excluding tert-OH is 1. The second kappa shape index (κ2) is 8.37. The molecule has 0 spiro atoms. The topological polar surface area (TPSA) is 66.6 Å². The maximum atomic E-state index is 12.3. The second-order valence-electron chi connectivity index (χ2n) is 4.91. The standard InChI is InChI=1S/C12H23F3N2O2/c1-9(4-3-5-10(2)16)11(19)17(6-7-18)8-12(13,14)15/h9-10,18H,3-8,16H2,1-2H3. The Morgan fingerprint density at radius 1 is 1.32 bits per heavy atom. The highest BCUT2D eigenvalue weighted by atomic mass is 19.4. The maximum absolute atomic E-state index is 12.3. The van der Waals surface area contributed by atoms with Crippen LogP contribution in [-0.2, 0) is 4.79 Å². The summed E-state index contributed by atoms with van der Waals surface area (Å²) in [5, 5.41) is 8.74. The van der Waals surface area contributed by atoms with Gasteiger partial charge in [-0.05, 0) is 19.8 Å². The minimum absolute atomic E-state index is 0.0195. The van der Waals surface area contributed by atoms with Crippen LogP contribution < -0.4 is 5.73 Å². The lowest BCUT2D eigenvalue weighted by atomic mass is 10.0. The van der Waals surface area contributed by atoms with Gasteiger partial charge in [-0.1, -0.05) is 13.3 Å². The third-order valence-corrected chi connectivity index (χ3v) is 2.77. The molecule has 0 fully saturated rings. The van der Waals surface area contributed by atoms with E-state index in [4.69, 9.17) is 10.8 Å². The number of aliphatic hydroxyl groups is 1. The van der Waals surface area contributed by atoms with Crippen molar-refractivity contribution in [3.63, 3.8) is 0 Å². The highest BCUT2D eigenvalue weighted by molar-refractivity contribution is 5.78. The fourth-order valence-electron chi connectivity index (χ4n) is 1.79. The summed E-state index contributed by atoms with van der Waals surface area (Å²) in [7, 11) is 0. The molecule has 0 aromatic heterocycles. The van der Waals surface area contributed by atoms with Crippen LogP contribution >= 0.6 is 0 Å². The molecule has 2 atom stereocenters. The highest BCUT2D eigenvalue weighted by Crippen LogP contribution is 2.19. The van der Waals surface area contributed by atoms with E-state index in [2.05, 4.69) is 0 Å². The molecule has 0 bridgehead atoms. The molecule has 0 radical (unpaired) electrons. The molecule has 0 saturated heterocycles.